The summed E-state index contributed by atoms with van der Waals surface area (Å²) in [6.07, 6.45) is 1.39. The van der Waals surface area contributed by atoms with Crippen LogP contribution in [0, 0.1) is 6.92 Å². The first-order chi connectivity index (χ1) is 11.5. The summed E-state index contributed by atoms with van der Waals surface area (Å²) in [4.78, 5) is 39.6. The molecule has 0 radical (unpaired) electrons. The minimum atomic E-state index is -0.382. The number of carbonyl (C=O) groups is 3. The van der Waals surface area contributed by atoms with Crippen molar-refractivity contribution in [3.8, 4) is 0 Å². The molecule has 6 nitrogen and oxygen atoms in total. The zero-order chi connectivity index (χ0) is 17.1. The number of hydrogen-bond acceptors (Lipinski definition) is 3. The third-order valence-electron chi connectivity index (χ3n) is 4.71. The molecule has 0 aliphatic carbocycles. The zero-order valence-corrected chi connectivity index (χ0v) is 14.0. The number of aryl methyl sites for hydroxylation is 1. The van der Waals surface area contributed by atoms with E-state index in [1.165, 1.54) is 5.56 Å². The van der Waals surface area contributed by atoms with E-state index in [-0.39, 0.29) is 23.8 Å². The van der Waals surface area contributed by atoms with Gasteiger partial charge in [0.05, 0.1) is 6.42 Å². The van der Waals surface area contributed by atoms with Crippen molar-refractivity contribution in [2.75, 3.05) is 26.2 Å². The molecule has 0 aromatic heterocycles. The van der Waals surface area contributed by atoms with Gasteiger partial charge in [-0.25, -0.2) is 0 Å². The third-order valence-corrected chi connectivity index (χ3v) is 4.71. The van der Waals surface area contributed by atoms with E-state index in [0.29, 0.717) is 45.4 Å². The van der Waals surface area contributed by atoms with Gasteiger partial charge in [0, 0.05) is 32.6 Å². The zero-order valence-electron chi connectivity index (χ0n) is 14.0. The molecule has 3 amide bonds. The quantitative estimate of drug-likeness (QED) is 0.877. The van der Waals surface area contributed by atoms with Gasteiger partial charge < -0.3 is 15.1 Å². The van der Waals surface area contributed by atoms with E-state index < -0.39 is 0 Å². The first kappa shape index (κ1) is 16.5. The van der Waals surface area contributed by atoms with E-state index in [4.69, 9.17) is 0 Å². The molecule has 1 unspecified atom stereocenters. The average Bonchev–Trinajstić information content (AvgIpc) is 3.03. The van der Waals surface area contributed by atoms with Crippen LogP contribution in [-0.2, 0) is 20.8 Å². The molecule has 2 aliphatic rings. The van der Waals surface area contributed by atoms with Gasteiger partial charge in [0.2, 0.25) is 17.7 Å². The second-order valence-corrected chi connectivity index (χ2v) is 6.53. The van der Waals surface area contributed by atoms with Gasteiger partial charge in [-0.1, -0.05) is 29.8 Å². The van der Waals surface area contributed by atoms with Crippen molar-refractivity contribution in [3.05, 3.63) is 35.4 Å². The standard InChI is InChI=1S/C18H23N3O3/c1-13-2-4-14(5-3-13)12-17(23)20-8-10-21(11-9-20)18(24)15-6-7-16(22)19-15/h2-5,15H,6-12H2,1H3,(H,19,22). The van der Waals surface area contributed by atoms with Crippen LogP contribution < -0.4 is 5.32 Å². The minimum Gasteiger partial charge on any atom is -0.344 e. The molecular weight excluding hydrogens is 306 g/mol. The molecule has 24 heavy (non-hydrogen) atoms. The second-order valence-electron chi connectivity index (χ2n) is 6.53. The van der Waals surface area contributed by atoms with Crippen LogP contribution >= 0.6 is 0 Å². The maximum atomic E-state index is 12.4. The van der Waals surface area contributed by atoms with Gasteiger partial charge in [-0.3, -0.25) is 14.4 Å². The first-order valence-corrected chi connectivity index (χ1v) is 8.44. The molecular formula is C18H23N3O3. The lowest BCUT2D eigenvalue weighted by Crippen LogP contribution is -2.54. The van der Waals surface area contributed by atoms with Gasteiger partial charge in [0.1, 0.15) is 6.04 Å². The van der Waals surface area contributed by atoms with Crippen LogP contribution in [0.4, 0.5) is 0 Å². The number of nitrogens with zero attached hydrogens (tertiary/aromatic N) is 2. The normalized spacial score (nSPS) is 20.9. The van der Waals surface area contributed by atoms with Gasteiger partial charge in [-0.2, -0.15) is 0 Å². The summed E-state index contributed by atoms with van der Waals surface area (Å²) in [5, 5.41) is 2.71. The molecule has 0 spiro atoms. The Balaban J connectivity index is 1.49. The summed E-state index contributed by atoms with van der Waals surface area (Å²) < 4.78 is 0. The predicted molar refractivity (Wildman–Crippen MR) is 89.2 cm³/mol. The number of rotatable bonds is 3. The summed E-state index contributed by atoms with van der Waals surface area (Å²) in [7, 11) is 0. The summed E-state index contributed by atoms with van der Waals surface area (Å²) in [6, 6.07) is 7.60. The molecule has 1 aromatic carbocycles. The van der Waals surface area contributed by atoms with Crippen LogP contribution in [0.15, 0.2) is 24.3 Å². The van der Waals surface area contributed by atoms with Gasteiger partial charge >= 0.3 is 0 Å². The number of hydrogen-bond donors (Lipinski definition) is 1. The van der Waals surface area contributed by atoms with Gasteiger partial charge in [-0.15, -0.1) is 0 Å². The van der Waals surface area contributed by atoms with E-state index in [1.54, 1.807) is 4.90 Å². The van der Waals surface area contributed by atoms with Crippen molar-refractivity contribution in [3.63, 3.8) is 0 Å². The van der Waals surface area contributed by atoms with Gasteiger partial charge in [-0.05, 0) is 18.9 Å². The Labute approximate surface area is 141 Å². The molecule has 2 heterocycles. The molecule has 2 aliphatic heterocycles. The summed E-state index contributed by atoms with van der Waals surface area (Å²) >= 11 is 0. The van der Waals surface area contributed by atoms with Crippen LogP contribution in [0.5, 0.6) is 0 Å². The predicted octanol–water partition coefficient (Wildman–Crippen LogP) is 0.487. The minimum absolute atomic E-state index is 0.0218. The molecule has 1 atom stereocenters. The van der Waals surface area contributed by atoms with Gasteiger partial charge in [0.15, 0.2) is 0 Å². The van der Waals surface area contributed by atoms with Crippen LogP contribution in [-0.4, -0.2) is 59.7 Å². The van der Waals surface area contributed by atoms with Gasteiger partial charge in [0.25, 0.3) is 0 Å². The molecule has 0 saturated carbocycles. The number of benzene rings is 1. The smallest absolute Gasteiger partial charge is 0.245 e. The van der Waals surface area contributed by atoms with E-state index in [1.807, 2.05) is 36.1 Å². The lowest BCUT2D eigenvalue weighted by molar-refractivity contribution is -0.140. The average molecular weight is 329 g/mol. The third kappa shape index (κ3) is 3.75. The van der Waals surface area contributed by atoms with Crippen LogP contribution in [0.25, 0.3) is 0 Å². The Morgan fingerprint density at radius 1 is 1.08 bits per heavy atom. The van der Waals surface area contributed by atoms with Crippen LogP contribution in [0.3, 0.4) is 0 Å². The molecule has 0 bridgehead atoms. The van der Waals surface area contributed by atoms with E-state index in [9.17, 15) is 14.4 Å². The highest BCUT2D eigenvalue weighted by Crippen LogP contribution is 2.13. The van der Waals surface area contributed by atoms with Crippen LogP contribution in [0.1, 0.15) is 24.0 Å². The Kier molecular flexibility index (Phi) is 4.83. The van der Waals surface area contributed by atoms with E-state index in [2.05, 4.69) is 5.32 Å². The van der Waals surface area contributed by atoms with Crippen molar-refractivity contribution in [2.24, 2.45) is 0 Å². The highest BCUT2D eigenvalue weighted by atomic mass is 16.2. The van der Waals surface area contributed by atoms with Crippen LogP contribution in [0.2, 0.25) is 0 Å². The summed E-state index contributed by atoms with van der Waals surface area (Å²) in [5.74, 6) is 0.0202. The topological polar surface area (TPSA) is 69.7 Å². The summed E-state index contributed by atoms with van der Waals surface area (Å²) in [5.41, 5.74) is 2.19. The molecule has 1 N–H and O–H groups in total. The fourth-order valence-corrected chi connectivity index (χ4v) is 3.19. The summed E-state index contributed by atoms with van der Waals surface area (Å²) in [6.45, 7) is 4.19. The fourth-order valence-electron chi connectivity index (χ4n) is 3.19. The highest BCUT2D eigenvalue weighted by molar-refractivity contribution is 5.91. The van der Waals surface area contributed by atoms with Crippen molar-refractivity contribution in [1.29, 1.82) is 0 Å². The maximum Gasteiger partial charge on any atom is 0.245 e. The first-order valence-electron chi connectivity index (χ1n) is 8.44. The molecule has 1 aromatic rings. The molecule has 2 saturated heterocycles. The molecule has 128 valence electrons. The number of carbonyl (C=O) groups excluding carboxylic acids is 3. The largest absolute Gasteiger partial charge is 0.344 e. The number of piperazine rings is 1. The molecule has 6 heteroatoms. The monoisotopic (exact) mass is 329 g/mol. The van der Waals surface area contributed by atoms with E-state index in [0.717, 1.165) is 5.56 Å². The Hall–Kier alpha value is -2.37. The highest BCUT2D eigenvalue weighted by Gasteiger charge is 2.32. The number of nitrogens with one attached hydrogen (secondary N) is 1. The van der Waals surface area contributed by atoms with Crippen molar-refractivity contribution in [1.82, 2.24) is 15.1 Å². The second kappa shape index (κ2) is 7.03. The van der Waals surface area contributed by atoms with Crippen molar-refractivity contribution < 1.29 is 14.4 Å². The Morgan fingerprint density at radius 2 is 1.71 bits per heavy atom. The molecule has 2 fully saturated rings. The lowest BCUT2D eigenvalue weighted by atomic mass is 10.1. The SMILES string of the molecule is Cc1ccc(CC(=O)N2CCN(C(=O)C3CCC(=O)N3)CC2)cc1. The fraction of sp³-hybridized carbons (Fsp3) is 0.500. The van der Waals surface area contributed by atoms with Crippen molar-refractivity contribution in [2.45, 2.75) is 32.2 Å². The number of amides is 3. The Bertz CT molecular complexity index is 633. The Morgan fingerprint density at radius 3 is 2.29 bits per heavy atom. The maximum absolute atomic E-state index is 12.4. The van der Waals surface area contributed by atoms with E-state index >= 15 is 0 Å². The lowest BCUT2D eigenvalue weighted by Gasteiger charge is -2.36. The molecule has 3 rings (SSSR count). The van der Waals surface area contributed by atoms with Crippen molar-refractivity contribution >= 4 is 17.7 Å².